The van der Waals surface area contributed by atoms with Crippen LogP contribution >= 0.6 is 0 Å². The Balaban J connectivity index is 1.59. The van der Waals surface area contributed by atoms with E-state index in [4.69, 9.17) is 9.97 Å². The Morgan fingerprint density at radius 2 is 1.16 bits per heavy atom. The van der Waals surface area contributed by atoms with Crippen LogP contribution in [-0.4, -0.2) is 24.9 Å². The fraction of sp³-hybridized carbons (Fsp3) is 0.296. The molecule has 0 bridgehead atoms. The lowest BCUT2D eigenvalue weighted by molar-refractivity contribution is -0.110. The standard InChI is InChI=1S/C27H30N4O/c1-19(2)17-30-24-11-7-5-9-22(24)28-26(30)15-13-21(32)14-16-27-29-23-10-6-8-12-25(23)31(27)18-20(3)4/h5-16,19-20H,17-18H2,1-4H3/b15-13+,16-14+. The quantitative estimate of drug-likeness (QED) is 0.325. The molecule has 4 aromatic rings. The van der Waals surface area contributed by atoms with Crippen molar-refractivity contribution in [2.75, 3.05) is 0 Å². The molecule has 4 rings (SSSR count). The van der Waals surface area contributed by atoms with Gasteiger partial charge >= 0.3 is 0 Å². The van der Waals surface area contributed by atoms with Crippen LogP contribution in [0.1, 0.15) is 39.3 Å². The van der Waals surface area contributed by atoms with Crippen molar-refractivity contribution in [3.63, 3.8) is 0 Å². The highest BCUT2D eigenvalue weighted by Crippen LogP contribution is 2.20. The number of carbonyl (C=O) groups excluding carboxylic acids is 1. The van der Waals surface area contributed by atoms with E-state index in [0.29, 0.717) is 11.8 Å². The lowest BCUT2D eigenvalue weighted by Crippen LogP contribution is -2.06. The van der Waals surface area contributed by atoms with Gasteiger partial charge in [0.1, 0.15) is 11.6 Å². The first-order valence-corrected chi connectivity index (χ1v) is 11.2. The van der Waals surface area contributed by atoms with Crippen molar-refractivity contribution < 1.29 is 4.79 Å². The molecule has 5 heteroatoms. The van der Waals surface area contributed by atoms with E-state index in [1.165, 1.54) is 0 Å². The molecule has 0 radical (unpaired) electrons. The minimum atomic E-state index is -0.0868. The van der Waals surface area contributed by atoms with Crippen LogP contribution < -0.4 is 0 Å². The van der Waals surface area contributed by atoms with Crippen LogP contribution in [0, 0.1) is 11.8 Å². The van der Waals surface area contributed by atoms with Crippen molar-refractivity contribution in [2.45, 2.75) is 40.8 Å². The molecule has 0 saturated carbocycles. The van der Waals surface area contributed by atoms with Gasteiger partial charge in [0.2, 0.25) is 0 Å². The normalized spacial score (nSPS) is 12.4. The number of allylic oxidation sites excluding steroid dienone is 2. The van der Waals surface area contributed by atoms with Crippen molar-refractivity contribution in [3.8, 4) is 0 Å². The molecule has 0 amide bonds. The molecule has 0 aliphatic rings. The SMILES string of the molecule is CC(C)Cn1c(/C=C/C(=O)/C=C/c2nc3ccccc3n2CC(C)C)nc2ccccc21. The first-order chi connectivity index (χ1) is 15.4. The molecule has 2 aromatic carbocycles. The molecule has 0 unspecified atom stereocenters. The molecule has 0 aliphatic carbocycles. The van der Waals surface area contributed by atoms with Gasteiger partial charge < -0.3 is 9.13 Å². The Hall–Kier alpha value is -3.47. The largest absolute Gasteiger partial charge is 0.324 e. The first-order valence-electron chi connectivity index (χ1n) is 11.2. The highest BCUT2D eigenvalue weighted by atomic mass is 16.1. The second-order valence-electron chi connectivity index (χ2n) is 9.00. The molecular weight excluding hydrogens is 396 g/mol. The van der Waals surface area contributed by atoms with Crippen molar-refractivity contribution >= 4 is 40.0 Å². The van der Waals surface area contributed by atoms with E-state index in [0.717, 1.165) is 46.8 Å². The van der Waals surface area contributed by atoms with E-state index >= 15 is 0 Å². The smallest absolute Gasteiger partial charge is 0.178 e. The van der Waals surface area contributed by atoms with E-state index in [1.54, 1.807) is 12.2 Å². The Bertz CT molecular complexity index is 1200. The van der Waals surface area contributed by atoms with Crippen LogP contribution in [0.4, 0.5) is 0 Å². The first kappa shape index (κ1) is 21.8. The Morgan fingerprint density at radius 1 is 0.750 bits per heavy atom. The van der Waals surface area contributed by atoms with Crippen LogP contribution in [0.5, 0.6) is 0 Å². The molecule has 2 aromatic heterocycles. The predicted molar refractivity (Wildman–Crippen MR) is 132 cm³/mol. The van der Waals surface area contributed by atoms with Gasteiger partial charge in [0.25, 0.3) is 0 Å². The van der Waals surface area contributed by atoms with E-state index in [2.05, 4.69) is 49.0 Å². The zero-order valence-corrected chi connectivity index (χ0v) is 19.2. The average molecular weight is 427 g/mol. The molecular formula is C27H30N4O. The summed E-state index contributed by atoms with van der Waals surface area (Å²) in [5.74, 6) is 2.47. The minimum absolute atomic E-state index is 0.0868. The maximum absolute atomic E-state index is 12.6. The number of aromatic nitrogens is 4. The van der Waals surface area contributed by atoms with Gasteiger partial charge in [-0.2, -0.15) is 0 Å². The van der Waals surface area contributed by atoms with Gasteiger partial charge in [-0.3, -0.25) is 4.79 Å². The number of nitrogens with zero attached hydrogens (tertiary/aromatic N) is 4. The van der Waals surface area contributed by atoms with Crippen LogP contribution in [0.15, 0.2) is 60.7 Å². The molecule has 5 nitrogen and oxygen atoms in total. The van der Waals surface area contributed by atoms with E-state index in [-0.39, 0.29) is 5.78 Å². The topological polar surface area (TPSA) is 52.7 Å². The monoisotopic (exact) mass is 426 g/mol. The third kappa shape index (κ3) is 4.72. The zero-order chi connectivity index (χ0) is 22.7. The van der Waals surface area contributed by atoms with Gasteiger partial charge in [-0.05, 0) is 60.4 Å². The second-order valence-corrected chi connectivity index (χ2v) is 9.00. The summed E-state index contributed by atoms with van der Waals surface area (Å²) in [5, 5.41) is 0. The summed E-state index contributed by atoms with van der Waals surface area (Å²) in [7, 11) is 0. The van der Waals surface area contributed by atoms with Crippen LogP contribution in [0.25, 0.3) is 34.2 Å². The maximum Gasteiger partial charge on any atom is 0.178 e. The highest BCUT2D eigenvalue weighted by Gasteiger charge is 2.11. The van der Waals surface area contributed by atoms with E-state index in [1.807, 2.05) is 48.6 Å². The molecule has 2 heterocycles. The highest BCUT2D eigenvalue weighted by molar-refractivity contribution is 6.04. The summed E-state index contributed by atoms with van der Waals surface area (Å²) < 4.78 is 4.35. The number of fused-ring (bicyclic) bond motifs is 2. The summed E-state index contributed by atoms with van der Waals surface area (Å²) >= 11 is 0. The fourth-order valence-corrected chi connectivity index (χ4v) is 3.93. The van der Waals surface area contributed by atoms with Gasteiger partial charge in [0.15, 0.2) is 5.78 Å². The van der Waals surface area contributed by atoms with Crippen molar-refractivity contribution in [2.24, 2.45) is 11.8 Å². The molecule has 164 valence electrons. The average Bonchev–Trinajstić information content (AvgIpc) is 3.28. The van der Waals surface area contributed by atoms with Crippen LogP contribution in [0.2, 0.25) is 0 Å². The Morgan fingerprint density at radius 3 is 1.56 bits per heavy atom. The summed E-state index contributed by atoms with van der Waals surface area (Å²) in [6.45, 7) is 10.4. The lowest BCUT2D eigenvalue weighted by Gasteiger charge is -2.09. The lowest BCUT2D eigenvalue weighted by atomic mass is 10.2. The summed E-state index contributed by atoms with van der Waals surface area (Å²) in [5.41, 5.74) is 4.06. The van der Waals surface area contributed by atoms with E-state index < -0.39 is 0 Å². The Labute approximate surface area is 189 Å². The fourth-order valence-electron chi connectivity index (χ4n) is 3.93. The second kappa shape index (κ2) is 9.35. The summed E-state index contributed by atoms with van der Waals surface area (Å²) in [4.78, 5) is 22.1. The number of benzene rings is 2. The van der Waals surface area contributed by atoms with Crippen LogP contribution in [0.3, 0.4) is 0 Å². The van der Waals surface area contributed by atoms with Gasteiger partial charge in [0.05, 0.1) is 22.1 Å². The molecule has 0 N–H and O–H groups in total. The number of hydrogen-bond acceptors (Lipinski definition) is 3. The molecule has 0 aliphatic heterocycles. The van der Waals surface area contributed by atoms with Gasteiger partial charge in [0, 0.05) is 13.1 Å². The molecule has 0 saturated heterocycles. The maximum atomic E-state index is 12.6. The number of ketones is 1. The Kier molecular flexibility index (Phi) is 6.35. The molecule has 32 heavy (non-hydrogen) atoms. The van der Waals surface area contributed by atoms with Gasteiger partial charge in [-0.1, -0.05) is 52.0 Å². The zero-order valence-electron chi connectivity index (χ0n) is 19.2. The molecule has 0 spiro atoms. The molecule has 0 fully saturated rings. The third-order valence-corrected chi connectivity index (χ3v) is 5.26. The van der Waals surface area contributed by atoms with Gasteiger partial charge in [-0.25, -0.2) is 9.97 Å². The summed E-state index contributed by atoms with van der Waals surface area (Å²) in [6.07, 6.45) is 6.80. The number of hydrogen-bond donors (Lipinski definition) is 0. The third-order valence-electron chi connectivity index (χ3n) is 5.26. The van der Waals surface area contributed by atoms with E-state index in [9.17, 15) is 4.79 Å². The van der Waals surface area contributed by atoms with Gasteiger partial charge in [-0.15, -0.1) is 0 Å². The van der Waals surface area contributed by atoms with Crippen molar-refractivity contribution in [1.82, 2.24) is 19.1 Å². The number of rotatable bonds is 8. The van der Waals surface area contributed by atoms with Crippen molar-refractivity contribution in [3.05, 3.63) is 72.3 Å². The number of carbonyl (C=O) groups is 1. The predicted octanol–water partition coefficient (Wildman–Crippen LogP) is 5.99. The molecule has 0 atom stereocenters. The number of para-hydroxylation sites is 4. The van der Waals surface area contributed by atoms with Crippen molar-refractivity contribution in [1.29, 1.82) is 0 Å². The van der Waals surface area contributed by atoms with Crippen LogP contribution in [-0.2, 0) is 17.9 Å². The summed E-state index contributed by atoms with van der Waals surface area (Å²) in [6, 6.07) is 16.2. The minimum Gasteiger partial charge on any atom is -0.324 e. The number of imidazole rings is 2.